The number of carbonyl (C=O) groups excluding carboxylic acids is 1. The Morgan fingerprint density at radius 1 is 1.10 bits per heavy atom. The van der Waals surface area contributed by atoms with Crippen molar-refractivity contribution in [3.63, 3.8) is 0 Å². The van der Waals surface area contributed by atoms with Crippen LogP contribution in [0, 0.1) is 5.92 Å². The van der Waals surface area contributed by atoms with Crippen molar-refractivity contribution >= 4 is 11.5 Å². The molecule has 0 aromatic heterocycles. The van der Waals surface area contributed by atoms with E-state index < -0.39 is 0 Å². The summed E-state index contributed by atoms with van der Waals surface area (Å²) in [5.74, 6) is 2.23. The topological polar surface area (TPSA) is 48.0 Å². The molecule has 1 atom stereocenters. The van der Waals surface area contributed by atoms with Crippen LogP contribution < -0.4 is 19.1 Å². The fraction of sp³-hybridized carbons (Fsp3) is 0.533. The van der Waals surface area contributed by atoms with E-state index in [9.17, 15) is 4.79 Å². The van der Waals surface area contributed by atoms with Gasteiger partial charge in [-0.25, -0.2) is 0 Å². The van der Waals surface area contributed by atoms with Crippen LogP contribution >= 0.6 is 0 Å². The van der Waals surface area contributed by atoms with Crippen molar-refractivity contribution in [3.05, 3.63) is 12.1 Å². The zero-order valence-corrected chi connectivity index (χ0v) is 12.4. The molecule has 5 nitrogen and oxygen atoms in total. The van der Waals surface area contributed by atoms with Crippen LogP contribution in [-0.4, -0.2) is 40.2 Å². The van der Waals surface area contributed by atoms with Gasteiger partial charge in [-0.05, 0) is 0 Å². The van der Waals surface area contributed by atoms with Crippen LogP contribution in [0.2, 0.25) is 0 Å². The van der Waals surface area contributed by atoms with Gasteiger partial charge >= 0.3 is 0 Å². The zero-order valence-electron chi connectivity index (χ0n) is 12.4. The van der Waals surface area contributed by atoms with Gasteiger partial charge in [-0.1, -0.05) is 6.92 Å². The molecule has 1 aromatic rings. The van der Waals surface area contributed by atoms with Crippen molar-refractivity contribution in [1.82, 2.24) is 0 Å². The molecule has 1 heterocycles. The van der Waals surface area contributed by atoms with E-state index in [4.69, 9.17) is 14.2 Å². The Bertz CT molecular complexity index is 476. The largest absolute Gasteiger partial charge is 0.493 e. The number of methoxy groups -OCH3 is 3. The molecule has 0 N–H and O–H groups in total. The second-order valence-corrected chi connectivity index (χ2v) is 4.95. The first-order valence-corrected chi connectivity index (χ1v) is 6.68. The number of carbonyl (C=O) groups is 1. The van der Waals surface area contributed by atoms with E-state index in [-0.39, 0.29) is 5.92 Å². The molecule has 1 aromatic carbocycles. The number of piperidine rings is 1. The van der Waals surface area contributed by atoms with E-state index in [0.29, 0.717) is 29.5 Å². The summed E-state index contributed by atoms with van der Waals surface area (Å²) in [6.45, 7) is 3.41. The second-order valence-electron chi connectivity index (χ2n) is 4.95. The first kappa shape index (κ1) is 14.5. The van der Waals surface area contributed by atoms with E-state index in [0.717, 1.165) is 18.8 Å². The number of benzene rings is 1. The summed E-state index contributed by atoms with van der Waals surface area (Å²) in [6, 6.07) is 3.84. The number of hydrogen-bond acceptors (Lipinski definition) is 5. The summed E-state index contributed by atoms with van der Waals surface area (Å²) in [7, 11) is 4.79. The molecule has 0 amide bonds. The number of rotatable bonds is 4. The van der Waals surface area contributed by atoms with E-state index in [2.05, 4.69) is 4.90 Å². The van der Waals surface area contributed by atoms with Crippen LogP contribution in [-0.2, 0) is 4.79 Å². The van der Waals surface area contributed by atoms with Gasteiger partial charge in [-0.15, -0.1) is 0 Å². The molecule has 0 radical (unpaired) electrons. The highest BCUT2D eigenvalue weighted by Gasteiger charge is 2.25. The predicted octanol–water partition coefficient (Wildman–Crippen LogP) is 2.13. The maximum atomic E-state index is 11.6. The zero-order chi connectivity index (χ0) is 14.7. The molecular weight excluding hydrogens is 258 g/mol. The lowest BCUT2D eigenvalue weighted by atomic mass is 9.98. The Kier molecular flexibility index (Phi) is 4.37. The minimum Gasteiger partial charge on any atom is -0.493 e. The lowest BCUT2D eigenvalue weighted by molar-refractivity contribution is -0.122. The van der Waals surface area contributed by atoms with Crippen LogP contribution in [0.15, 0.2) is 12.1 Å². The fourth-order valence-electron chi connectivity index (χ4n) is 2.50. The first-order chi connectivity index (χ1) is 9.60. The smallest absolute Gasteiger partial charge is 0.203 e. The third-order valence-corrected chi connectivity index (χ3v) is 3.69. The lowest BCUT2D eigenvalue weighted by Crippen LogP contribution is -2.39. The summed E-state index contributed by atoms with van der Waals surface area (Å²) in [5, 5.41) is 0. The molecule has 5 heteroatoms. The first-order valence-electron chi connectivity index (χ1n) is 6.68. The van der Waals surface area contributed by atoms with Gasteiger partial charge in [0.1, 0.15) is 5.78 Å². The lowest BCUT2D eigenvalue weighted by Gasteiger charge is -2.32. The van der Waals surface area contributed by atoms with Crippen molar-refractivity contribution in [3.8, 4) is 17.2 Å². The Hall–Kier alpha value is -1.91. The maximum Gasteiger partial charge on any atom is 0.203 e. The molecule has 0 spiro atoms. The molecule has 0 bridgehead atoms. The van der Waals surface area contributed by atoms with Crippen LogP contribution in [0.5, 0.6) is 17.2 Å². The van der Waals surface area contributed by atoms with Gasteiger partial charge in [0.15, 0.2) is 11.5 Å². The SMILES string of the molecule is COc1cc(N2CCC(=O)C(C)C2)cc(OC)c1OC. The average molecular weight is 279 g/mol. The molecule has 0 aliphatic carbocycles. The van der Waals surface area contributed by atoms with Crippen LogP contribution in [0.4, 0.5) is 5.69 Å². The van der Waals surface area contributed by atoms with Crippen molar-refractivity contribution < 1.29 is 19.0 Å². The molecule has 1 aliphatic rings. The number of Topliss-reactive ketones (excluding diaryl/α,β-unsaturated/α-hetero) is 1. The van der Waals surface area contributed by atoms with E-state index in [1.165, 1.54) is 0 Å². The highest BCUT2D eigenvalue weighted by Crippen LogP contribution is 2.41. The van der Waals surface area contributed by atoms with E-state index >= 15 is 0 Å². The normalized spacial score (nSPS) is 18.9. The van der Waals surface area contributed by atoms with Gasteiger partial charge in [-0.2, -0.15) is 0 Å². The molecule has 1 saturated heterocycles. The summed E-state index contributed by atoms with van der Waals surface area (Å²) >= 11 is 0. The molecule has 1 fully saturated rings. The number of ether oxygens (including phenoxy) is 3. The Balaban J connectivity index is 2.35. The Morgan fingerprint density at radius 3 is 2.15 bits per heavy atom. The monoisotopic (exact) mass is 279 g/mol. The summed E-state index contributed by atoms with van der Waals surface area (Å²) < 4.78 is 16.0. The summed E-state index contributed by atoms with van der Waals surface area (Å²) in [4.78, 5) is 13.8. The summed E-state index contributed by atoms with van der Waals surface area (Å²) in [5.41, 5.74) is 0.985. The number of hydrogen-bond donors (Lipinski definition) is 0. The molecule has 20 heavy (non-hydrogen) atoms. The summed E-state index contributed by atoms with van der Waals surface area (Å²) in [6.07, 6.45) is 0.581. The van der Waals surface area contributed by atoms with Crippen molar-refractivity contribution in [2.45, 2.75) is 13.3 Å². The van der Waals surface area contributed by atoms with Gasteiger partial charge in [0.2, 0.25) is 5.75 Å². The Labute approximate surface area is 119 Å². The van der Waals surface area contributed by atoms with Gasteiger partial charge in [0, 0.05) is 43.2 Å². The van der Waals surface area contributed by atoms with Crippen molar-refractivity contribution in [2.24, 2.45) is 5.92 Å². The minimum atomic E-state index is 0.0582. The highest BCUT2D eigenvalue weighted by molar-refractivity contribution is 5.83. The molecule has 1 unspecified atom stereocenters. The van der Waals surface area contributed by atoms with Crippen molar-refractivity contribution in [1.29, 1.82) is 0 Å². The van der Waals surface area contributed by atoms with Crippen LogP contribution in [0.25, 0.3) is 0 Å². The number of nitrogens with zero attached hydrogens (tertiary/aromatic N) is 1. The van der Waals surface area contributed by atoms with Gasteiger partial charge < -0.3 is 19.1 Å². The third kappa shape index (κ3) is 2.66. The highest BCUT2D eigenvalue weighted by atomic mass is 16.5. The van der Waals surface area contributed by atoms with Gasteiger partial charge in [-0.3, -0.25) is 4.79 Å². The second kappa shape index (κ2) is 6.03. The van der Waals surface area contributed by atoms with Gasteiger partial charge in [0.25, 0.3) is 0 Å². The standard InChI is InChI=1S/C15H21NO4/c1-10-9-16(6-5-12(10)17)11-7-13(18-2)15(20-4)14(8-11)19-3/h7-8,10H,5-6,9H2,1-4H3. The predicted molar refractivity (Wildman–Crippen MR) is 77.1 cm³/mol. The molecule has 0 saturated carbocycles. The van der Waals surface area contributed by atoms with Crippen molar-refractivity contribution in [2.75, 3.05) is 39.3 Å². The van der Waals surface area contributed by atoms with E-state index in [1.54, 1.807) is 21.3 Å². The minimum absolute atomic E-state index is 0.0582. The quantitative estimate of drug-likeness (QED) is 0.845. The molecule has 1 aliphatic heterocycles. The molecule has 110 valence electrons. The van der Waals surface area contributed by atoms with E-state index in [1.807, 2.05) is 19.1 Å². The van der Waals surface area contributed by atoms with Crippen LogP contribution in [0.3, 0.4) is 0 Å². The number of ketones is 1. The van der Waals surface area contributed by atoms with Gasteiger partial charge in [0.05, 0.1) is 21.3 Å². The third-order valence-electron chi connectivity index (χ3n) is 3.69. The average Bonchev–Trinajstić information content (AvgIpc) is 2.48. The fourth-order valence-corrected chi connectivity index (χ4v) is 2.50. The van der Waals surface area contributed by atoms with Crippen LogP contribution in [0.1, 0.15) is 13.3 Å². The number of anilines is 1. The maximum absolute atomic E-state index is 11.6. The molecule has 2 rings (SSSR count). The molecular formula is C15H21NO4. The Morgan fingerprint density at radius 2 is 1.70 bits per heavy atom.